The standard InChI is InChI=1S/C28H33N3O5/c1-3-33-26-17-23(10-11-25(26)36-16-15-35-24-7-5-4-6-8-24)28(32)30-19-22-9-12-27(29-18-22)31-13-14-34-21(2)20-31/h4-12,17-18,21H,3,13-16,19-20H2,1-2H3,(H,30,32). The first kappa shape index (κ1) is 25.3. The van der Waals surface area contributed by atoms with Gasteiger partial charge in [0, 0.05) is 31.4 Å². The van der Waals surface area contributed by atoms with Gasteiger partial charge in [0.05, 0.1) is 19.3 Å². The predicted molar refractivity (Wildman–Crippen MR) is 138 cm³/mol. The lowest BCUT2D eigenvalue weighted by Gasteiger charge is -2.32. The topological polar surface area (TPSA) is 82.2 Å². The summed E-state index contributed by atoms with van der Waals surface area (Å²) in [5, 5.41) is 2.95. The third kappa shape index (κ3) is 7.11. The van der Waals surface area contributed by atoms with Crippen molar-refractivity contribution in [2.45, 2.75) is 26.5 Å². The van der Waals surface area contributed by atoms with Gasteiger partial charge in [-0.25, -0.2) is 4.98 Å². The van der Waals surface area contributed by atoms with Gasteiger partial charge in [0.2, 0.25) is 0 Å². The number of nitrogens with one attached hydrogen (secondary N) is 1. The fourth-order valence-corrected chi connectivity index (χ4v) is 3.88. The number of ether oxygens (including phenoxy) is 4. The maximum Gasteiger partial charge on any atom is 0.251 e. The lowest BCUT2D eigenvalue weighted by molar-refractivity contribution is 0.0529. The second-order valence-electron chi connectivity index (χ2n) is 8.44. The summed E-state index contributed by atoms with van der Waals surface area (Å²) in [7, 11) is 0. The molecule has 1 atom stereocenters. The Morgan fingerprint density at radius 2 is 1.89 bits per heavy atom. The molecule has 1 fully saturated rings. The molecule has 190 valence electrons. The van der Waals surface area contributed by atoms with Crippen molar-refractivity contribution in [3.63, 3.8) is 0 Å². The summed E-state index contributed by atoms with van der Waals surface area (Å²) in [6.07, 6.45) is 2.00. The minimum atomic E-state index is -0.194. The third-order valence-electron chi connectivity index (χ3n) is 5.69. The number of hydrogen-bond acceptors (Lipinski definition) is 7. The number of benzene rings is 2. The van der Waals surface area contributed by atoms with Gasteiger partial charge in [-0.1, -0.05) is 24.3 Å². The highest BCUT2D eigenvalue weighted by Gasteiger charge is 2.18. The number of carbonyl (C=O) groups excluding carboxylic acids is 1. The molecule has 2 heterocycles. The number of nitrogens with zero attached hydrogens (tertiary/aromatic N) is 2. The van der Waals surface area contributed by atoms with Crippen molar-refractivity contribution in [3.05, 3.63) is 78.0 Å². The molecule has 1 amide bonds. The molecule has 3 aromatic rings. The molecular formula is C28H33N3O5. The zero-order valence-corrected chi connectivity index (χ0v) is 20.8. The van der Waals surface area contributed by atoms with Crippen LogP contribution >= 0.6 is 0 Å². The Bertz CT molecular complexity index is 1110. The largest absolute Gasteiger partial charge is 0.490 e. The fraction of sp³-hybridized carbons (Fsp3) is 0.357. The molecule has 0 radical (unpaired) electrons. The predicted octanol–water partition coefficient (Wildman–Crippen LogP) is 4.09. The van der Waals surface area contributed by atoms with E-state index < -0.39 is 0 Å². The first-order valence-electron chi connectivity index (χ1n) is 12.3. The van der Waals surface area contributed by atoms with Crippen molar-refractivity contribution >= 4 is 11.7 Å². The molecule has 8 heteroatoms. The van der Waals surface area contributed by atoms with Gasteiger partial charge in [-0.15, -0.1) is 0 Å². The monoisotopic (exact) mass is 491 g/mol. The van der Waals surface area contributed by atoms with Crippen molar-refractivity contribution in [1.82, 2.24) is 10.3 Å². The molecule has 1 aromatic heterocycles. The van der Waals surface area contributed by atoms with Crippen LogP contribution in [-0.2, 0) is 11.3 Å². The average molecular weight is 492 g/mol. The van der Waals surface area contributed by atoms with E-state index >= 15 is 0 Å². The van der Waals surface area contributed by atoms with Crippen LogP contribution in [0.1, 0.15) is 29.8 Å². The number of anilines is 1. The summed E-state index contributed by atoms with van der Waals surface area (Å²) in [5.74, 6) is 2.61. The minimum Gasteiger partial charge on any atom is -0.490 e. The van der Waals surface area contributed by atoms with Gasteiger partial charge in [-0.3, -0.25) is 4.79 Å². The van der Waals surface area contributed by atoms with Crippen LogP contribution in [0.25, 0.3) is 0 Å². The van der Waals surface area contributed by atoms with E-state index in [1.54, 1.807) is 24.4 Å². The van der Waals surface area contributed by atoms with Crippen LogP contribution in [0.4, 0.5) is 5.82 Å². The summed E-state index contributed by atoms with van der Waals surface area (Å²) >= 11 is 0. The van der Waals surface area contributed by atoms with E-state index in [9.17, 15) is 4.79 Å². The normalized spacial score (nSPS) is 15.3. The quantitative estimate of drug-likeness (QED) is 0.405. The summed E-state index contributed by atoms with van der Waals surface area (Å²) < 4.78 is 22.8. The summed E-state index contributed by atoms with van der Waals surface area (Å²) in [5.41, 5.74) is 1.43. The number of amides is 1. The van der Waals surface area contributed by atoms with Crippen LogP contribution in [0.5, 0.6) is 17.2 Å². The Morgan fingerprint density at radius 3 is 2.64 bits per heavy atom. The molecule has 1 aliphatic heterocycles. The average Bonchev–Trinajstić information content (AvgIpc) is 2.91. The van der Waals surface area contributed by atoms with Crippen LogP contribution in [0.2, 0.25) is 0 Å². The van der Waals surface area contributed by atoms with E-state index in [0.717, 1.165) is 30.2 Å². The van der Waals surface area contributed by atoms with Crippen molar-refractivity contribution in [2.24, 2.45) is 0 Å². The lowest BCUT2D eigenvalue weighted by atomic mass is 10.1. The molecule has 1 aliphatic rings. The smallest absolute Gasteiger partial charge is 0.251 e. The van der Waals surface area contributed by atoms with E-state index in [4.69, 9.17) is 18.9 Å². The number of carbonyl (C=O) groups is 1. The number of pyridine rings is 1. The van der Waals surface area contributed by atoms with E-state index in [1.165, 1.54) is 0 Å². The molecule has 8 nitrogen and oxygen atoms in total. The van der Waals surface area contributed by atoms with Crippen molar-refractivity contribution in [1.29, 1.82) is 0 Å². The third-order valence-corrected chi connectivity index (χ3v) is 5.69. The molecule has 0 aliphatic carbocycles. The van der Waals surface area contributed by atoms with Gasteiger partial charge in [0.15, 0.2) is 11.5 Å². The Kier molecular flexibility index (Phi) is 8.99. The highest BCUT2D eigenvalue weighted by molar-refractivity contribution is 5.94. The van der Waals surface area contributed by atoms with Crippen molar-refractivity contribution in [2.75, 3.05) is 44.4 Å². The number of hydrogen-bond donors (Lipinski definition) is 1. The summed E-state index contributed by atoms with van der Waals surface area (Å²) in [4.78, 5) is 19.6. The molecule has 1 saturated heterocycles. The van der Waals surface area contributed by atoms with Crippen molar-refractivity contribution < 1.29 is 23.7 Å². The fourth-order valence-electron chi connectivity index (χ4n) is 3.88. The zero-order valence-electron chi connectivity index (χ0n) is 20.8. The van der Waals surface area contributed by atoms with Gasteiger partial charge >= 0.3 is 0 Å². The number of morpholine rings is 1. The molecule has 1 unspecified atom stereocenters. The Balaban J connectivity index is 1.29. The van der Waals surface area contributed by atoms with Crippen LogP contribution < -0.4 is 24.4 Å². The number of rotatable bonds is 11. The van der Waals surface area contributed by atoms with Gasteiger partial charge in [-0.05, 0) is 55.8 Å². The number of para-hydroxylation sites is 1. The maximum absolute atomic E-state index is 12.8. The molecule has 2 aromatic carbocycles. The van der Waals surface area contributed by atoms with E-state index in [-0.39, 0.29) is 12.0 Å². The second-order valence-corrected chi connectivity index (χ2v) is 8.44. The molecule has 0 spiro atoms. The molecule has 1 N–H and O–H groups in total. The number of aromatic nitrogens is 1. The maximum atomic E-state index is 12.8. The first-order chi connectivity index (χ1) is 17.6. The zero-order chi connectivity index (χ0) is 25.2. The molecular weight excluding hydrogens is 458 g/mol. The highest BCUT2D eigenvalue weighted by atomic mass is 16.5. The van der Waals surface area contributed by atoms with Gasteiger partial charge in [0.1, 0.15) is 24.8 Å². The van der Waals surface area contributed by atoms with Gasteiger partial charge in [-0.2, -0.15) is 0 Å². The molecule has 36 heavy (non-hydrogen) atoms. The summed E-state index contributed by atoms with van der Waals surface area (Å²) in [6, 6.07) is 18.7. The van der Waals surface area contributed by atoms with Crippen LogP contribution in [0, 0.1) is 0 Å². The van der Waals surface area contributed by atoms with Gasteiger partial charge in [0.25, 0.3) is 5.91 Å². The molecule has 0 bridgehead atoms. The SMILES string of the molecule is CCOc1cc(C(=O)NCc2ccc(N3CCOC(C)C3)nc2)ccc1OCCOc1ccccc1. The molecule has 0 saturated carbocycles. The van der Waals surface area contributed by atoms with Gasteiger partial charge < -0.3 is 29.2 Å². The van der Waals surface area contributed by atoms with E-state index in [2.05, 4.69) is 22.1 Å². The van der Waals surface area contributed by atoms with Crippen molar-refractivity contribution in [3.8, 4) is 17.2 Å². The van der Waals surface area contributed by atoms with E-state index in [0.29, 0.717) is 50.0 Å². The highest BCUT2D eigenvalue weighted by Crippen LogP contribution is 2.28. The first-order valence-corrected chi connectivity index (χ1v) is 12.3. The van der Waals surface area contributed by atoms with E-state index in [1.807, 2.05) is 49.4 Å². The second kappa shape index (κ2) is 12.8. The Labute approximate surface area is 212 Å². The van der Waals surface area contributed by atoms with Crippen LogP contribution in [0.15, 0.2) is 66.9 Å². The molecule has 4 rings (SSSR count). The minimum absolute atomic E-state index is 0.194. The van der Waals surface area contributed by atoms with Crippen LogP contribution in [-0.4, -0.2) is 56.5 Å². The lowest BCUT2D eigenvalue weighted by Crippen LogP contribution is -2.41. The Morgan fingerprint density at radius 1 is 1.06 bits per heavy atom. The summed E-state index contributed by atoms with van der Waals surface area (Å²) in [6.45, 7) is 7.90. The Hall–Kier alpha value is -3.78. The van der Waals surface area contributed by atoms with Crippen LogP contribution in [0.3, 0.4) is 0 Å².